The number of fused-ring (bicyclic) bond motifs is 3. The van der Waals surface area contributed by atoms with Gasteiger partial charge in [0, 0.05) is 17.1 Å². The van der Waals surface area contributed by atoms with E-state index in [1.54, 1.807) is 0 Å². The quantitative estimate of drug-likeness (QED) is 0.387. The van der Waals surface area contributed by atoms with Crippen LogP contribution in [0, 0.1) is 18.8 Å². The predicted molar refractivity (Wildman–Crippen MR) is 119 cm³/mol. The van der Waals surface area contributed by atoms with E-state index in [0.29, 0.717) is 0 Å². The largest absolute Gasteiger partial charge is 0.510 e. The third-order valence-corrected chi connectivity index (χ3v) is 7.32. The molecule has 3 aliphatic rings. The van der Waals surface area contributed by atoms with Gasteiger partial charge in [-0.05, 0) is 57.0 Å². The summed E-state index contributed by atoms with van der Waals surface area (Å²) in [6, 6.07) is -0.231. The van der Waals surface area contributed by atoms with Gasteiger partial charge in [0.15, 0.2) is 17.2 Å². The van der Waals surface area contributed by atoms with Gasteiger partial charge in [0.2, 0.25) is 5.78 Å². The van der Waals surface area contributed by atoms with E-state index in [-0.39, 0.29) is 24.0 Å². The molecule has 192 valence electrons. The highest BCUT2D eigenvalue weighted by atomic mass is 19.3. The van der Waals surface area contributed by atoms with Gasteiger partial charge in [-0.3, -0.25) is 19.3 Å². The number of amides is 1. The molecule has 0 saturated carbocycles. The van der Waals surface area contributed by atoms with Crippen molar-refractivity contribution in [2.75, 3.05) is 14.1 Å². The van der Waals surface area contributed by atoms with Gasteiger partial charge in [-0.2, -0.15) is 8.78 Å². The summed E-state index contributed by atoms with van der Waals surface area (Å²) in [6.45, 7) is 1.26. The smallest absolute Gasteiger partial charge is 0.306 e. The lowest BCUT2D eigenvalue weighted by atomic mass is 9.58. The number of halogens is 3. The Labute approximate surface area is 202 Å². The van der Waals surface area contributed by atoms with E-state index in [1.807, 2.05) is 0 Å². The first-order valence-electron chi connectivity index (χ1n) is 10.9. The maximum Gasteiger partial charge on any atom is 0.306 e. The molecule has 4 rings (SSSR count). The zero-order valence-corrected chi connectivity index (χ0v) is 19.4. The van der Waals surface area contributed by atoms with Crippen LogP contribution in [0.1, 0.15) is 33.5 Å². The number of hydrogen-bond acceptors (Lipinski definition) is 8. The number of likely N-dealkylation sites (N-methyl/N-ethyl adjacent to an activating group) is 1. The van der Waals surface area contributed by atoms with E-state index in [2.05, 4.69) is 0 Å². The van der Waals surface area contributed by atoms with Gasteiger partial charge in [-0.25, -0.2) is 4.39 Å². The number of carbonyl (C=O) groups is 3. The first-order valence-corrected chi connectivity index (χ1v) is 10.9. The van der Waals surface area contributed by atoms with Crippen molar-refractivity contribution in [3.8, 4) is 5.75 Å². The van der Waals surface area contributed by atoms with Crippen molar-refractivity contribution >= 4 is 23.3 Å². The number of phenolic OH excluding ortho intramolecular Hbond substituents is 1. The topological polar surface area (TPSA) is 161 Å². The predicted octanol–water partition coefficient (Wildman–Crippen LogP) is 1.96. The normalized spacial score (nSPS) is 27.6. The lowest BCUT2D eigenvalue weighted by molar-refractivity contribution is -0.148. The zero-order chi connectivity index (χ0) is 27.0. The highest BCUT2D eigenvalue weighted by Crippen LogP contribution is 2.53. The van der Waals surface area contributed by atoms with Crippen molar-refractivity contribution in [2.45, 2.75) is 31.4 Å². The van der Waals surface area contributed by atoms with E-state index in [1.165, 1.54) is 25.9 Å². The number of aliphatic hydroxyl groups is 3. The fourth-order valence-corrected chi connectivity index (χ4v) is 5.75. The highest BCUT2D eigenvalue weighted by molar-refractivity contribution is 6.24. The first kappa shape index (κ1) is 25.5. The zero-order valence-electron chi connectivity index (χ0n) is 19.4. The van der Waals surface area contributed by atoms with Crippen LogP contribution in [0.15, 0.2) is 34.8 Å². The average molecular weight is 508 g/mol. The summed E-state index contributed by atoms with van der Waals surface area (Å²) in [7, 11) is 2.94. The molecule has 0 unspecified atom stereocenters. The Morgan fingerprint density at radius 3 is 2.31 bits per heavy atom. The average Bonchev–Trinajstić information content (AvgIpc) is 2.77. The van der Waals surface area contributed by atoms with Gasteiger partial charge < -0.3 is 26.2 Å². The van der Waals surface area contributed by atoms with E-state index in [4.69, 9.17) is 5.73 Å². The lowest BCUT2D eigenvalue weighted by Crippen LogP contribution is -2.63. The summed E-state index contributed by atoms with van der Waals surface area (Å²) >= 11 is 0. The molecule has 1 aromatic rings. The molecule has 0 aliphatic heterocycles. The molecule has 0 saturated heterocycles. The molecule has 1 aromatic carbocycles. The van der Waals surface area contributed by atoms with Gasteiger partial charge in [-0.15, -0.1) is 0 Å². The number of primary amides is 1. The number of nitrogens with zero attached hydrogens (tertiary/aromatic N) is 1. The number of Topliss-reactive ketones (excluding diaryl/α,β-unsaturated/α-hetero) is 2. The Bertz CT molecular complexity index is 1340. The number of rotatable bonds is 3. The van der Waals surface area contributed by atoms with E-state index < -0.39 is 92.4 Å². The van der Waals surface area contributed by atoms with Crippen LogP contribution in [-0.2, 0) is 16.0 Å². The summed E-state index contributed by atoms with van der Waals surface area (Å²) in [5.41, 5.74) is -0.440. The van der Waals surface area contributed by atoms with E-state index >= 15 is 0 Å². The lowest BCUT2D eigenvalue weighted by Gasteiger charge is -2.50. The van der Waals surface area contributed by atoms with Gasteiger partial charge in [0.05, 0.1) is 11.6 Å². The third-order valence-electron chi connectivity index (χ3n) is 7.32. The number of aliphatic hydroxyl groups excluding tert-OH is 2. The molecule has 0 fully saturated rings. The van der Waals surface area contributed by atoms with Crippen LogP contribution in [-0.4, -0.2) is 68.5 Å². The summed E-state index contributed by atoms with van der Waals surface area (Å²) in [6.07, 6.45) is -3.18. The second-order valence-electron chi connectivity index (χ2n) is 9.48. The molecule has 0 aromatic heterocycles. The molecule has 0 radical (unpaired) electrons. The van der Waals surface area contributed by atoms with Crippen molar-refractivity contribution in [2.24, 2.45) is 17.6 Å². The number of carbonyl (C=O) groups excluding carboxylic acids is 3. The number of hydrogen-bond donors (Lipinski definition) is 5. The number of benzene rings is 1. The van der Waals surface area contributed by atoms with E-state index in [9.17, 15) is 48.0 Å². The van der Waals surface area contributed by atoms with E-state index in [0.717, 1.165) is 6.07 Å². The molecule has 6 N–H and O–H groups in total. The molecule has 1 amide bonds. The van der Waals surface area contributed by atoms with Crippen LogP contribution in [0.5, 0.6) is 5.75 Å². The number of nitrogens with two attached hydrogens (primary N) is 1. The van der Waals surface area contributed by atoms with Gasteiger partial charge >= 0.3 is 6.08 Å². The van der Waals surface area contributed by atoms with Crippen molar-refractivity contribution in [1.29, 1.82) is 0 Å². The summed E-state index contributed by atoms with van der Waals surface area (Å²) in [5.74, 6) is -10.5. The van der Waals surface area contributed by atoms with Gasteiger partial charge in [0.25, 0.3) is 5.91 Å². The molecule has 4 atom stereocenters. The minimum atomic E-state index is -2.83. The van der Waals surface area contributed by atoms with Crippen molar-refractivity contribution in [1.82, 2.24) is 4.90 Å². The maximum absolute atomic E-state index is 14.4. The number of ketones is 2. The summed E-state index contributed by atoms with van der Waals surface area (Å²) in [4.78, 5) is 40.0. The van der Waals surface area contributed by atoms with Crippen molar-refractivity contribution in [3.63, 3.8) is 0 Å². The fourth-order valence-electron chi connectivity index (χ4n) is 5.75. The molecule has 3 aliphatic carbocycles. The van der Waals surface area contributed by atoms with Crippen LogP contribution in [0.3, 0.4) is 0 Å². The van der Waals surface area contributed by atoms with Crippen LogP contribution in [0.4, 0.5) is 13.2 Å². The molecule has 0 heterocycles. The second kappa shape index (κ2) is 8.20. The SMILES string of the molecule is Cc1cc(C(F)=C(F)F)c2c(c1O)C(=O)C1=C(O)[C@]3(O)C(=O)C(C(N)=O)=C(O)[C@@H](N(C)C)[C@@H]3C[C@@H]1C2. The Balaban J connectivity index is 2.01. The Morgan fingerprint density at radius 2 is 1.78 bits per heavy atom. The van der Waals surface area contributed by atoms with Crippen molar-refractivity contribution < 1.29 is 48.0 Å². The fraction of sp³-hybridized carbons (Fsp3) is 0.375. The Hall–Kier alpha value is -3.64. The number of aryl methyl sites for hydroxylation is 1. The molecule has 36 heavy (non-hydrogen) atoms. The number of aromatic hydroxyl groups is 1. The maximum atomic E-state index is 14.4. The molecular weight excluding hydrogens is 485 g/mol. The first-order chi connectivity index (χ1) is 16.7. The minimum Gasteiger partial charge on any atom is -0.510 e. The second-order valence-corrected chi connectivity index (χ2v) is 9.48. The standard InChI is InChI=1S/C24H23F3N2O7/c1-7-4-10(15(25)22(26)27)9-5-8-6-11-16(29(2)3)19(32)14(23(28)35)21(34)24(11,36)20(33)12(8)18(31)13(9)17(7)30/h4,8,11,16,30,32-33,36H,5-6H2,1-3H3,(H2,28,35)/t8-,11-,16-,24-/m0/s1. The molecule has 12 heteroatoms. The van der Waals surface area contributed by atoms with Gasteiger partial charge in [0.1, 0.15) is 22.8 Å². The van der Waals surface area contributed by atoms with Crippen LogP contribution >= 0.6 is 0 Å². The minimum absolute atomic E-state index is 0.0928. The molecule has 0 bridgehead atoms. The number of allylic oxidation sites excluding steroid dienone is 1. The van der Waals surface area contributed by atoms with Crippen LogP contribution < -0.4 is 5.73 Å². The third kappa shape index (κ3) is 3.21. The van der Waals surface area contributed by atoms with Gasteiger partial charge in [-0.1, -0.05) is 0 Å². The Kier molecular flexibility index (Phi) is 5.80. The summed E-state index contributed by atoms with van der Waals surface area (Å²) < 4.78 is 40.7. The summed E-state index contributed by atoms with van der Waals surface area (Å²) in [5, 5.41) is 43.9. The Morgan fingerprint density at radius 1 is 1.17 bits per heavy atom. The molecule has 9 nitrogen and oxygen atoms in total. The molecular formula is C24H23F3N2O7. The monoisotopic (exact) mass is 508 g/mol. The van der Waals surface area contributed by atoms with Crippen LogP contribution in [0.25, 0.3) is 5.83 Å². The van der Waals surface area contributed by atoms with Crippen molar-refractivity contribution in [3.05, 3.63) is 57.1 Å². The van der Waals surface area contributed by atoms with Crippen LogP contribution in [0.2, 0.25) is 0 Å². The molecule has 0 spiro atoms. The number of phenols is 1. The highest BCUT2D eigenvalue weighted by Gasteiger charge is 2.63.